The van der Waals surface area contributed by atoms with Crippen molar-refractivity contribution in [1.29, 1.82) is 0 Å². The van der Waals surface area contributed by atoms with Crippen LogP contribution in [-0.2, 0) is 0 Å². The Morgan fingerprint density at radius 1 is 1.16 bits per heavy atom. The third kappa shape index (κ3) is 2.36. The Morgan fingerprint density at radius 2 is 2.00 bits per heavy atom. The van der Waals surface area contributed by atoms with E-state index in [1.54, 1.807) is 6.07 Å². The summed E-state index contributed by atoms with van der Waals surface area (Å²) >= 11 is 13.2. The lowest BCUT2D eigenvalue weighted by molar-refractivity contribution is 0.632. The first-order chi connectivity index (χ1) is 9.15. The highest BCUT2D eigenvalue weighted by molar-refractivity contribution is 7.16. The second-order valence-electron chi connectivity index (χ2n) is 3.70. The smallest absolute Gasteiger partial charge is 0.225 e. The number of aromatic nitrogens is 2. The fraction of sp³-hybridized carbons (Fsp3) is 0. The van der Waals surface area contributed by atoms with Crippen LogP contribution in [0.15, 0.2) is 29.6 Å². The number of nitrogens with zero attached hydrogens (tertiary/aromatic N) is 2. The van der Waals surface area contributed by atoms with Gasteiger partial charge in [0.2, 0.25) is 5.28 Å². The van der Waals surface area contributed by atoms with Crippen LogP contribution in [0.25, 0.3) is 10.2 Å². The topological polar surface area (TPSA) is 37.8 Å². The molecule has 0 aliphatic rings. The third-order valence-electron chi connectivity index (χ3n) is 2.50. The van der Waals surface area contributed by atoms with E-state index in [0.29, 0.717) is 5.82 Å². The predicted molar refractivity (Wildman–Crippen MR) is 77.1 cm³/mol. The van der Waals surface area contributed by atoms with Gasteiger partial charge in [-0.05, 0) is 35.2 Å². The van der Waals surface area contributed by atoms with E-state index in [1.807, 2.05) is 11.4 Å². The van der Waals surface area contributed by atoms with Crippen LogP contribution in [0.1, 0.15) is 0 Å². The molecule has 0 bridgehead atoms. The number of halogens is 3. The minimum atomic E-state index is -0.453. The van der Waals surface area contributed by atoms with Crippen molar-refractivity contribution in [3.05, 3.63) is 45.8 Å². The molecule has 7 heteroatoms. The molecule has 19 heavy (non-hydrogen) atoms. The van der Waals surface area contributed by atoms with Crippen molar-refractivity contribution in [1.82, 2.24) is 9.97 Å². The molecule has 0 atom stereocenters. The third-order valence-corrected chi connectivity index (χ3v) is 3.79. The van der Waals surface area contributed by atoms with Gasteiger partial charge in [0.05, 0.1) is 16.1 Å². The Hall–Kier alpha value is -1.43. The summed E-state index contributed by atoms with van der Waals surface area (Å²) in [5.74, 6) is -0.0196. The molecule has 1 N–H and O–H groups in total. The minimum Gasteiger partial charge on any atom is -0.336 e. The van der Waals surface area contributed by atoms with Crippen molar-refractivity contribution in [2.45, 2.75) is 0 Å². The maximum atomic E-state index is 13.7. The molecule has 2 aromatic heterocycles. The molecule has 0 saturated heterocycles. The summed E-state index contributed by atoms with van der Waals surface area (Å²) in [6, 6.07) is 6.30. The van der Waals surface area contributed by atoms with Crippen LogP contribution in [0.4, 0.5) is 15.9 Å². The largest absolute Gasteiger partial charge is 0.336 e. The van der Waals surface area contributed by atoms with E-state index in [-0.39, 0.29) is 16.0 Å². The molecule has 96 valence electrons. The number of anilines is 2. The Morgan fingerprint density at radius 3 is 2.79 bits per heavy atom. The highest BCUT2D eigenvalue weighted by Gasteiger charge is 2.12. The summed E-state index contributed by atoms with van der Waals surface area (Å²) in [5.41, 5.74) is 0.173. The second kappa shape index (κ2) is 4.92. The summed E-state index contributed by atoms with van der Waals surface area (Å²) < 4.78 is 13.7. The minimum absolute atomic E-state index is 0.102. The lowest BCUT2D eigenvalue weighted by Gasteiger charge is -2.09. The molecular formula is C12H6Cl2FN3S. The predicted octanol–water partition coefficient (Wildman–Crippen LogP) is 4.88. The molecule has 3 rings (SSSR count). The zero-order chi connectivity index (χ0) is 13.4. The first kappa shape index (κ1) is 12.6. The fourth-order valence-corrected chi connectivity index (χ4v) is 2.85. The summed E-state index contributed by atoms with van der Waals surface area (Å²) in [4.78, 5) is 8.90. The maximum Gasteiger partial charge on any atom is 0.225 e. The first-order valence-corrected chi connectivity index (χ1v) is 6.90. The fourth-order valence-electron chi connectivity index (χ4n) is 1.66. The van der Waals surface area contributed by atoms with Gasteiger partial charge in [-0.3, -0.25) is 0 Å². The number of thiophene rings is 1. The van der Waals surface area contributed by atoms with Gasteiger partial charge in [-0.15, -0.1) is 11.3 Å². The zero-order valence-electron chi connectivity index (χ0n) is 9.32. The molecule has 0 radical (unpaired) electrons. The lowest BCUT2D eigenvalue weighted by atomic mass is 10.3. The SMILES string of the molecule is Fc1cccc(Cl)c1Nc1nc(Cl)nc2sccc12. The molecule has 1 aromatic carbocycles. The summed E-state index contributed by atoms with van der Waals surface area (Å²) in [5, 5.41) is 5.89. The average Bonchev–Trinajstić information content (AvgIpc) is 2.81. The van der Waals surface area contributed by atoms with Crippen molar-refractivity contribution < 1.29 is 4.39 Å². The molecule has 0 spiro atoms. The van der Waals surface area contributed by atoms with E-state index in [2.05, 4.69) is 15.3 Å². The van der Waals surface area contributed by atoms with Gasteiger partial charge in [-0.1, -0.05) is 17.7 Å². The summed E-state index contributed by atoms with van der Waals surface area (Å²) in [6.07, 6.45) is 0. The molecule has 0 aliphatic carbocycles. The summed E-state index contributed by atoms with van der Waals surface area (Å²) in [6.45, 7) is 0. The van der Waals surface area contributed by atoms with Gasteiger partial charge < -0.3 is 5.32 Å². The van der Waals surface area contributed by atoms with E-state index in [0.717, 1.165) is 10.2 Å². The van der Waals surface area contributed by atoms with Crippen LogP contribution in [-0.4, -0.2) is 9.97 Å². The lowest BCUT2D eigenvalue weighted by Crippen LogP contribution is -1.98. The molecule has 0 amide bonds. The Balaban J connectivity index is 2.13. The Bertz CT molecular complexity index is 740. The summed E-state index contributed by atoms with van der Waals surface area (Å²) in [7, 11) is 0. The van der Waals surface area contributed by atoms with Crippen LogP contribution < -0.4 is 5.32 Å². The van der Waals surface area contributed by atoms with Gasteiger partial charge >= 0.3 is 0 Å². The molecular weight excluding hydrogens is 308 g/mol. The maximum absolute atomic E-state index is 13.7. The van der Waals surface area contributed by atoms with Crippen molar-refractivity contribution in [3.63, 3.8) is 0 Å². The first-order valence-electron chi connectivity index (χ1n) is 5.27. The van der Waals surface area contributed by atoms with Crippen molar-refractivity contribution >= 4 is 56.3 Å². The Kier molecular flexibility index (Phi) is 3.26. The van der Waals surface area contributed by atoms with Crippen LogP contribution >= 0.6 is 34.5 Å². The number of hydrogen-bond acceptors (Lipinski definition) is 4. The zero-order valence-corrected chi connectivity index (χ0v) is 11.7. The number of rotatable bonds is 2. The molecule has 3 aromatic rings. The quantitative estimate of drug-likeness (QED) is 0.685. The Labute approximate surface area is 122 Å². The van der Waals surface area contributed by atoms with Crippen molar-refractivity contribution in [3.8, 4) is 0 Å². The highest BCUT2D eigenvalue weighted by atomic mass is 35.5. The molecule has 0 saturated carbocycles. The molecule has 2 heterocycles. The van der Waals surface area contributed by atoms with Crippen LogP contribution in [0.5, 0.6) is 0 Å². The van der Waals surface area contributed by atoms with Crippen LogP contribution in [0.3, 0.4) is 0 Å². The van der Waals surface area contributed by atoms with E-state index < -0.39 is 5.82 Å². The van der Waals surface area contributed by atoms with Gasteiger partial charge in [-0.25, -0.2) is 9.37 Å². The number of para-hydroxylation sites is 1. The van der Waals surface area contributed by atoms with Gasteiger partial charge in [0, 0.05) is 0 Å². The van der Waals surface area contributed by atoms with Crippen LogP contribution in [0.2, 0.25) is 10.3 Å². The standard InChI is InChI=1S/C12H6Cl2FN3S/c13-7-2-1-3-8(15)9(7)16-10-6-4-5-19-11(6)18-12(14)17-10/h1-5H,(H,16,17,18). The number of nitrogens with one attached hydrogen (secondary N) is 1. The van der Waals surface area contributed by atoms with Crippen LogP contribution in [0, 0.1) is 5.82 Å². The van der Waals surface area contributed by atoms with Gasteiger partial charge in [-0.2, -0.15) is 4.98 Å². The van der Waals surface area contributed by atoms with Crippen molar-refractivity contribution in [2.24, 2.45) is 0 Å². The van der Waals surface area contributed by atoms with Gasteiger partial charge in [0.1, 0.15) is 16.5 Å². The normalized spacial score (nSPS) is 10.9. The highest BCUT2D eigenvalue weighted by Crippen LogP contribution is 2.32. The van der Waals surface area contributed by atoms with E-state index in [1.165, 1.54) is 23.5 Å². The number of benzene rings is 1. The van der Waals surface area contributed by atoms with E-state index in [9.17, 15) is 4.39 Å². The number of fused-ring (bicyclic) bond motifs is 1. The molecule has 0 unspecified atom stereocenters. The van der Waals surface area contributed by atoms with Gasteiger partial charge in [0.25, 0.3) is 0 Å². The monoisotopic (exact) mass is 313 g/mol. The van der Waals surface area contributed by atoms with Gasteiger partial charge in [0.15, 0.2) is 0 Å². The number of hydrogen-bond donors (Lipinski definition) is 1. The van der Waals surface area contributed by atoms with Crippen molar-refractivity contribution in [2.75, 3.05) is 5.32 Å². The molecule has 0 fully saturated rings. The molecule has 3 nitrogen and oxygen atoms in total. The van der Waals surface area contributed by atoms with E-state index in [4.69, 9.17) is 23.2 Å². The molecule has 0 aliphatic heterocycles. The average molecular weight is 314 g/mol. The second-order valence-corrected chi connectivity index (χ2v) is 5.34. The van der Waals surface area contributed by atoms with E-state index >= 15 is 0 Å².